The first-order chi connectivity index (χ1) is 9.31. The molecule has 0 aliphatic carbocycles. The van der Waals surface area contributed by atoms with Crippen molar-refractivity contribution in [2.24, 2.45) is 0 Å². The summed E-state index contributed by atoms with van der Waals surface area (Å²) >= 11 is 0. The molecule has 2 nitrogen and oxygen atoms in total. The summed E-state index contributed by atoms with van der Waals surface area (Å²) in [6.45, 7) is 6.82. The van der Waals surface area contributed by atoms with Gasteiger partial charge in [0.25, 0.3) is 0 Å². The average Bonchev–Trinajstić information content (AvgIpc) is 3.12. The van der Waals surface area contributed by atoms with Crippen LogP contribution in [0.2, 0.25) is 0 Å². The highest BCUT2D eigenvalue weighted by molar-refractivity contribution is 7.59. The lowest BCUT2D eigenvalue weighted by molar-refractivity contribution is 0.936. The number of nitrogens with zero attached hydrogens (tertiary/aromatic N) is 2. The van der Waals surface area contributed by atoms with E-state index in [1.807, 2.05) is 0 Å². The van der Waals surface area contributed by atoms with Crippen molar-refractivity contribution in [2.75, 3.05) is 0 Å². The van der Waals surface area contributed by atoms with E-state index in [-0.39, 0.29) is 0 Å². The summed E-state index contributed by atoms with van der Waals surface area (Å²) in [5, 5.41) is 1.60. The second-order valence-electron chi connectivity index (χ2n) is 4.53. The summed E-state index contributed by atoms with van der Waals surface area (Å²) in [7, 11) is -0.478. The first-order valence-electron chi connectivity index (χ1n) is 7.09. The maximum atomic E-state index is 2.36. The van der Waals surface area contributed by atoms with Gasteiger partial charge in [0.1, 0.15) is 8.22 Å². The van der Waals surface area contributed by atoms with Crippen molar-refractivity contribution in [2.45, 2.75) is 40.0 Å². The van der Waals surface area contributed by atoms with Gasteiger partial charge in [0.15, 0.2) is 0 Å². The van der Waals surface area contributed by atoms with Gasteiger partial charge in [0, 0.05) is 24.8 Å². The Bertz CT molecular complexity index is 469. The molecule has 0 aromatic carbocycles. The van der Waals surface area contributed by atoms with E-state index < -0.39 is 8.22 Å². The summed E-state index contributed by atoms with van der Waals surface area (Å²) in [5.74, 6) is 0. The van der Waals surface area contributed by atoms with E-state index >= 15 is 0 Å². The Balaban J connectivity index is 2.52. The van der Waals surface area contributed by atoms with Crippen LogP contribution in [0.3, 0.4) is 0 Å². The molecule has 19 heavy (non-hydrogen) atoms. The lowest BCUT2D eigenvalue weighted by Crippen LogP contribution is -2.02. The van der Waals surface area contributed by atoms with Crippen LogP contribution < -0.4 is 0 Å². The standard InChI is InChI=1S/C16H23N2P/c1-4-15(5-2)16(6-3)19(17-11-7-8-12-17)18-13-9-10-14-18/h7-14H,4-6H2,1-3H3. The van der Waals surface area contributed by atoms with Crippen molar-refractivity contribution in [1.29, 1.82) is 0 Å². The zero-order valence-corrected chi connectivity index (χ0v) is 13.0. The van der Waals surface area contributed by atoms with E-state index in [1.165, 1.54) is 0 Å². The molecule has 0 bridgehead atoms. The number of aromatic nitrogens is 2. The van der Waals surface area contributed by atoms with Crippen LogP contribution in [-0.4, -0.2) is 8.68 Å². The molecule has 102 valence electrons. The third kappa shape index (κ3) is 3.01. The Morgan fingerprint density at radius 1 is 0.737 bits per heavy atom. The van der Waals surface area contributed by atoms with Crippen LogP contribution >= 0.6 is 8.22 Å². The van der Waals surface area contributed by atoms with E-state index in [0.29, 0.717) is 0 Å². The van der Waals surface area contributed by atoms with Crippen molar-refractivity contribution in [3.63, 3.8) is 0 Å². The van der Waals surface area contributed by atoms with Crippen LogP contribution in [-0.2, 0) is 0 Å². The molecule has 0 atom stereocenters. The fraction of sp³-hybridized carbons (Fsp3) is 0.375. The summed E-state index contributed by atoms with van der Waals surface area (Å²) in [5.41, 5.74) is 1.61. The minimum Gasteiger partial charge on any atom is -0.312 e. The molecule has 0 aliphatic rings. The fourth-order valence-corrected chi connectivity index (χ4v) is 4.98. The van der Waals surface area contributed by atoms with Gasteiger partial charge in [-0.25, -0.2) is 0 Å². The lowest BCUT2D eigenvalue weighted by atomic mass is 10.1. The van der Waals surface area contributed by atoms with Gasteiger partial charge < -0.3 is 8.68 Å². The van der Waals surface area contributed by atoms with Crippen molar-refractivity contribution < 1.29 is 0 Å². The largest absolute Gasteiger partial charge is 0.312 e. The second-order valence-corrected chi connectivity index (χ2v) is 6.57. The van der Waals surface area contributed by atoms with Crippen LogP contribution in [0, 0.1) is 0 Å². The zero-order valence-electron chi connectivity index (χ0n) is 12.1. The Hall–Kier alpha value is -1.27. The minimum atomic E-state index is -0.478. The van der Waals surface area contributed by atoms with Crippen LogP contribution in [0.15, 0.2) is 59.9 Å². The van der Waals surface area contributed by atoms with Gasteiger partial charge in [0.2, 0.25) is 0 Å². The molecular formula is C16H23N2P. The Morgan fingerprint density at radius 3 is 1.47 bits per heavy atom. The van der Waals surface area contributed by atoms with Crippen LogP contribution in [0.4, 0.5) is 0 Å². The van der Waals surface area contributed by atoms with Gasteiger partial charge in [-0.3, -0.25) is 0 Å². The first kappa shape index (κ1) is 14.1. The topological polar surface area (TPSA) is 9.86 Å². The molecule has 0 aliphatic heterocycles. The van der Waals surface area contributed by atoms with E-state index in [4.69, 9.17) is 0 Å². The predicted molar refractivity (Wildman–Crippen MR) is 84.5 cm³/mol. The lowest BCUT2D eigenvalue weighted by Gasteiger charge is -2.25. The smallest absolute Gasteiger partial charge is 0.132 e. The zero-order chi connectivity index (χ0) is 13.7. The van der Waals surface area contributed by atoms with Crippen molar-refractivity contribution in [3.05, 3.63) is 59.9 Å². The molecule has 2 rings (SSSR count). The minimum absolute atomic E-state index is 0.478. The molecule has 0 amide bonds. The van der Waals surface area contributed by atoms with Gasteiger partial charge >= 0.3 is 0 Å². The summed E-state index contributed by atoms with van der Waals surface area (Å²) in [6.07, 6.45) is 12.2. The number of hydrogen-bond donors (Lipinski definition) is 0. The summed E-state index contributed by atoms with van der Waals surface area (Å²) < 4.78 is 4.72. The quantitative estimate of drug-likeness (QED) is 0.617. The highest BCUT2D eigenvalue weighted by Crippen LogP contribution is 2.51. The Morgan fingerprint density at radius 2 is 1.16 bits per heavy atom. The average molecular weight is 274 g/mol. The summed E-state index contributed by atoms with van der Waals surface area (Å²) in [6, 6.07) is 8.46. The Kier molecular flexibility index (Phi) is 5.04. The molecule has 3 heteroatoms. The number of rotatable bonds is 6. The molecule has 2 heterocycles. The Labute approximate surface area is 117 Å². The van der Waals surface area contributed by atoms with Crippen molar-refractivity contribution in [1.82, 2.24) is 8.68 Å². The van der Waals surface area contributed by atoms with Gasteiger partial charge in [-0.05, 0) is 48.8 Å². The molecule has 0 N–H and O–H groups in total. The molecule has 0 fully saturated rings. The van der Waals surface area contributed by atoms with Crippen molar-refractivity contribution >= 4 is 8.22 Å². The molecule has 0 spiro atoms. The monoisotopic (exact) mass is 274 g/mol. The third-order valence-corrected chi connectivity index (χ3v) is 5.98. The van der Waals surface area contributed by atoms with E-state index in [1.54, 1.807) is 10.9 Å². The second kappa shape index (κ2) is 6.77. The molecular weight excluding hydrogens is 251 g/mol. The molecule has 0 saturated carbocycles. The first-order valence-corrected chi connectivity index (χ1v) is 8.34. The van der Waals surface area contributed by atoms with Gasteiger partial charge in [-0.1, -0.05) is 26.3 Å². The van der Waals surface area contributed by atoms with E-state index in [2.05, 4.69) is 78.5 Å². The van der Waals surface area contributed by atoms with Gasteiger partial charge in [-0.15, -0.1) is 0 Å². The molecule has 2 aromatic heterocycles. The number of hydrogen-bond acceptors (Lipinski definition) is 0. The normalized spacial score (nSPS) is 10.9. The van der Waals surface area contributed by atoms with Crippen LogP contribution in [0.5, 0.6) is 0 Å². The third-order valence-electron chi connectivity index (χ3n) is 3.45. The summed E-state index contributed by atoms with van der Waals surface area (Å²) in [4.78, 5) is 0. The molecule has 0 saturated heterocycles. The SMILES string of the molecule is CCC(CC)=C(CC)P(n1cccc1)n1cccc1. The predicted octanol–water partition coefficient (Wildman–Crippen LogP) is 5.48. The van der Waals surface area contributed by atoms with Crippen molar-refractivity contribution in [3.8, 4) is 0 Å². The van der Waals surface area contributed by atoms with Crippen LogP contribution in [0.1, 0.15) is 40.0 Å². The van der Waals surface area contributed by atoms with Gasteiger partial charge in [0.05, 0.1) is 0 Å². The maximum Gasteiger partial charge on any atom is 0.132 e. The molecule has 0 unspecified atom stereocenters. The maximum absolute atomic E-state index is 2.36. The van der Waals surface area contributed by atoms with E-state index in [0.717, 1.165) is 19.3 Å². The molecule has 0 radical (unpaired) electrons. The highest BCUT2D eigenvalue weighted by Gasteiger charge is 2.18. The van der Waals surface area contributed by atoms with Gasteiger partial charge in [-0.2, -0.15) is 0 Å². The van der Waals surface area contributed by atoms with E-state index in [9.17, 15) is 0 Å². The number of allylic oxidation sites excluding steroid dienone is 2. The highest BCUT2D eigenvalue weighted by atomic mass is 31.1. The fourth-order valence-electron chi connectivity index (χ4n) is 2.49. The van der Waals surface area contributed by atoms with Crippen LogP contribution in [0.25, 0.3) is 0 Å². The molecule has 2 aromatic rings.